The molecule has 0 aliphatic rings. The van der Waals surface area contributed by atoms with Crippen LogP contribution in [0.25, 0.3) is 0 Å². The van der Waals surface area contributed by atoms with Crippen molar-refractivity contribution in [3.63, 3.8) is 0 Å². The Labute approximate surface area is 207 Å². The van der Waals surface area contributed by atoms with E-state index in [0.29, 0.717) is 19.8 Å². The maximum Gasteiger partial charge on any atom is 0.191 e. The Bertz CT molecular complexity index is 927. The van der Waals surface area contributed by atoms with Gasteiger partial charge in [-0.3, -0.25) is 0 Å². The molecular formula is C24H33IN6O. The van der Waals surface area contributed by atoms with E-state index in [1.807, 2.05) is 18.2 Å². The van der Waals surface area contributed by atoms with Crippen molar-refractivity contribution in [2.45, 2.75) is 46.6 Å². The van der Waals surface area contributed by atoms with Gasteiger partial charge in [-0.05, 0) is 23.6 Å². The zero-order valence-electron chi connectivity index (χ0n) is 18.8. The summed E-state index contributed by atoms with van der Waals surface area (Å²) in [7, 11) is 0. The van der Waals surface area contributed by atoms with Gasteiger partial charge in [0.1, 0.15) is 12.2 Å². The lowest BCUT2D eigenvalue weighted by atomic mass is 10.1. The fraction of sp³-hybridized carbons (Fsp3) is 0.375. The quantitative estimate of drug-likeness (QED) is 0.216. The summed E-state index contributed by atoms with van der Waals surface area (Å²) in [4.78, 5) is 4.70. The fourth-order valence-electron chi connectivity index (χ4n) is 3.15. The third kappa shape index (κ3) is 8.58. The van der Waals surface area contributed by atoms with Crippen LogP contribution in [0.4, 0.5) is 0 Å². The van der Waals surface area contributed by atoms with Crippen LogP contribution in [0.5, 0.6) is 0 Å². The zero-order valence-corrected chi connectivity index (χ0v) is 21.2. The molecule has 8 heteroatoms. The second-order valence-corrected chi connectivity index (χ2v) is 7.21. The van der Waals surface area contributed by atoms with Gasteiger partial charge in [-0.2, -0.15) is 0 Å². The summed E-state index contributed by atoms with van der Waals surface area (Å²) in [5, 5.41) is 14.8. The van der Waals surface area contributed by atoms with Crippen LogP contribution in [-0.2, 0) is 37.5 Å². The van der Waals surface area contributed by atoms with Crippen molar-refractivity contribution < 1.29 is 4.74 Å². The Balaban J connectivity index is 0.00000363. The number of guanidine groups is 1. The van der Waals surface area contributed by atoms with E-state index in [9.17, 15) is 0 Å². The van der Waals surface area contributed by atoms with Crippen molar-refractivity contribution in [3.05, 3.63) is 83.4 Å². The first kappa shape index (κ1) is 25.8. The molecule has 3 aromatic rings. The minimum atomic E-state index is 0. The zero-order chi connectivity index (χ0) is 21.7. The molecule has 0 amide bonds. The highest BCUT2D eigenvalue weighted by molar-refractivity contribution is 14.0. The second-order valence-electron chi connectivity index (χ2n) is 7.21. The molecule has 2 N–H and O–H groups in total. The van der Waals surface area contributed by atoms with Crippen molar-refractivity contribution in [1.82, 2.24) is 25.4 Å². The summed E-state index contributed by atoms with van der Waals surface area (Å²) in [5.74, 6) is 1.81. The Morgan fingerprint density at radius 1 is 0.938 bits per heavy atom. The van der Waals surface area contributed by atoms with Crippen LogP contribution in [0, 0.1) is 0 Å². The van der Waals surface area contributed by atoms with E-state index in [1.165, 1.54) is 5.56 Å². The van der Waals surface area contributed by atoms with Crippen LogP contribution in [-0.4, -0.2) is 33.8 Å². The van der Waals surface area contributed by atoms with E-state index in [-0.39, 0.29) is 24.0 Å². The van der Waals surface area contributed by atoms with E-state index < -0.39 is 0 Å². The number of aliphatic imine (C=N–C) groups is 1. The smallest absolute Gasteiger partial charge is 0.191 e. The van der Waals surface area contributed by atoms with Gasteiger partial charge in [0, 0.05) is 26.1 Å². The molecule has 172 valence electrons. The molecule has 0 saturated heterocycles. The molecule has 0 spiro atoms. The van der Waals surface area contributed by atoms with Crippen molar-refractivity contribution in [2.24, 2.45) is 4.99 Å². The third-order valence-corrected chi connectivity index (χ3v) is 4.82. The maximum atomic E-state index is 5.81. The molecule has 0 radical (unpaired) electrons. The lowest BCUT2D eigenvalue weighted by Crippen LogP contribution is -2.38. The molecule has 0 fully saturated rings. The highest BCUT2D eigenvalue weighted by Crippen LogP contribution is 2.09. The standard InChI is InChI=1S/C24H32N6O.HI/c1-3-23-29-28-19-30(23)15-14-26-24(25-4-2)27-16-20-10-12-22(13-11-20)18-31-17-21-8-6-5-7-9-21;/h5-13,19H,3-4,14-18H2,1-2H3,(H2,25,26,27);1H. The molecule has 2 aromatic carbocycles. The molecule has 1 heterocycles. The minimum absolute atomic E-state index is 0. The number of aromatic nitrogens is 3. The molecule has 0 bridgehead atoms. The number of rotatable bonds is 11. The Morgan fingerprint density at radius 2 is 1.62 bits per heavy atom. The first-order chi connectivity index (χ1) is 15.3. The number of aryl methyl sites for hydroxylation is 1. The average molecular weight is 548 g/mol. The second kappa shape index (κ2) is 14.6. The fourth-order valence-corrected chi connectivity index (χ4v) is 3.15. The predicted octanol–water partition coefficient (Wildman–Crippen LogP) is 3.93. The van der Waals surface area contributed by atoms with E-state index in [4.69, 9.17) is 9.73 Å². The van der Waals surface area contributed by atoms with Crippen molar-refractivity contribution in [3.8, 4) is 0 Å². The van der Waals surface area contributed by atoms with Crippen LogP contribution in [0.1, 0.15) is 36.4 Å². The van der Waals surface area contributed by atoms with Gasteiger partial charge in [-0.25, -0.2) is 4.99 Å². The summed E-state index contributed by atoms with van der Waals surface area (Å²) in [6, 6.07) is 18.7. The molecule has 7 nitrogen and oxygen atoms in total. The molecule has 0 aliphatic carbocycles. The van der Waals surface area contributed by atoms with E-state index >= 15 is 0 Å². The number of halogens is 1. The number of benzene rings is 2. The molecule has 32 heavy (non-hydrogen) atoms. The lowest BCUT2D eigenvalue weighted by molar-refractivity contribution is 0.107. The Morgan fingerprint density at radius 3 is 2.31 bits per heavy atom. The first-order valence-corrected chi connectivity index (χ1v) is 10.9. The summed E-state index contributed by atoms with van der Waals surface area (Å²) in [6.07, 6.45) is 2.65. The van der Waals surface area contributed by atoms with Crippen LogP contribution in [0.3, 0.4) is 0 Å². The topological polar surface area (TPSA) is 76.4 Å². The predicted molar refractivity (Wildman–Crippen MR) is 139 cm³/mol. The third-order valence-electron chi connectivity index (χ3n) is 4.82. The van der Waals surface area contributed by atoms with Crippen molar-refractivity contribution >= 4 is 29.9 Å². The number of hydrogen-bond donors (Lipinski definition) is 2. The summed E-state index contributed by atoms with van der Waals surface area (Å²) >= 11 is 0. The van der Waals surface area contributed by atoms with Gasteiger partial charge < -0.3 is 19.9 Å². The lowest BCUT2D eigenvalue weighted by Gasteiger charge is -2.12. The SMILES string of the molecule is CCNC(=NCc1ccc(COCc2ccccc2)cc1)NCCn1cnnc1CC.I. The maximum absolute atomic E-state index is 5.81. The van der Waals surface area contributed by atoms with Gasteiger partial charge >= 0.3 is 0 Å². The van der Waals surface area contributed by atoms with Gasteiger partial charge in [0.2, 0.25) is 0 Å². The van der Waals surface area contributed by atoms with Crippen LogP contribution < -0.4 is 10.6 Å². The largest absolute Gasteiger partial charge is 0.372 e. The molecule has 3 rings (SSSR count). The molecule has 1 aromatic heterocycles. The molecule has 0 unspecified atom stereocenters. The Kier molecular flexibility index (Phi) is 11.7. The molecule has 0 atom stereocenters. The van der Waals surface area contributed by atoms with E-state index in [0.717, 1.165) is 49.0 Å². The number of ether oxygens (including phenoxy) is 1. The van der Waals surface area contributed by atoms with Gasteiger partial charge in [0.15, 0.2) is 5.96 Å². The van der Waals surface area contributed by atoms with E-state index in [1.54, 1.807) is 6.33 Å². The number of nitrogens with one attached hydrogen (secondary N) is 2. The average Bonchev–Trinajstić information content (AvgIpc) is 3.26. The highest BCUT2D eigenvalue weighted by atomic mass is 127. The van der Waals surface area contributed by atoms with Gasteiger partial charge in [-0.15, -0.1) is 34.2 Å². The Hall–Kier alpha value is -2.46. The van der Waals surface area contributed by atoms with E-state index in [2.05, 4.69) is 75.6 Å². The van der Waals surface area contributed by atoms with Gasteiger partial charge in [0.05, 0.1) is 19.8 Å². The molecular weight excluding hydrogens is 515 g/mol. The minimum Gasteiger partial charge on any atom is -0.372 e. The van der Waals surface area contributed by atoms with Gasteiger partial charge in [-0.1, -0.05) is 61.5 Å². The number of hydrogen-bond acceptors (Lipinski definition) is 4. The van der Waals surface area contributed by atoms with Crippen LogP contribution >= 0.6 is 24.0 Å². The molecule has 0 saturated carbocycles. The van der Waals surface area contributed by atoms with Crippen LogP contribution in [0.15, 0.2) is 65.9 Å². The van der Waals surface area contributed by atoms with Gasteiger partial charge in [0.25, 0.3) is 0 Å². The monoisotopic (exact) mass is 548 g/mol. The molecule has 0 aliphatic heterocycles. The highest BCUT2D eigenvalue weighted by Gasteiger charge is 2.03. The summed E-state index contributed by atoms with van der Waals surface area (Å²) in [5.41, 5.74) is 3.51. The first-order valence-electron chi connectivity index (χ1n) is 10.9. The summed E-state index contributed by atoms with van der Waals surface area (Å²) < 4.78 is 7.87. The normalized spacial score (nSPS) is 11.1. The number of nitrogens with zero attached hydrogens (tertiary/aromatic N) is 4. The van der Waals surface area contributed by atoms with Crippen molar-refractivity contribution in [2.75, 3.05) is 13.1 Å². The summed E-state index contributed by atoms with van der Waals surface area (Å²) in [6.45, 7) is 8.37. The van der Waals surface area contributed by atoms with Crippen LogP contribution in [0.2, 0.25) is 0 Å². The van der Waals surface area contributed by atoms with Crippen molar-refractivity contribution in [1.29, 1.82) is 0 Å².